The molecular weight excluding hydrogens is 226 g/mol. The van der Waals surface area contributed by atoms with Gasteiger partial charge in [-0.15, -0.1) is 0 Å². The van der Waals surface area contributed by atoms with E-state index in [0.717, 1.165) is 11.1 Å². The molecular formula is C12H12ClNO2. The molecule has 1 saturated carbocycles. The SMILES string of the molecule is C=C1C[C@H](c2ccc(Cl)cc2)[C@@H]([N+](=O)[O-])C1. The van der Waals surface area contributed by atoms with Crippen molar-refractivity contribution in [1.82, 2.24) is 0 Å². The van der Waals surface area contributed by atoms with E-state index in [9.17, 15) is 10.1 Å². The lowest BCUT2D eigenvalue weighted by atomic mass is 9.94. The third-order valence-corrected chi connectivity index (χ3v) is 3.29. The third-order valence-electron chi connectivity index (χ3n) is 3.04. The average Bonchev–Trinajstić information content (AvgIpc) is 2.61. The number of nitrogens with zero attached hydrogens (tertiary/aromatic N) is 1. The molecule has 1 aromatic carbocycles. The zero-order valence-corrected chi connectivity index (χ0v) is 9.48. The molecule has 84 valence electrons. The second-order valence-corrected chi connectivity index (χ2v) is 4.61. The summed E-state index contributed by atoms with van der Waals surface area (Å²) in [6.45, 7) is 3.85. The summed E-state index contributed by atoms with van der Waals surface area (Å²) in [5.41, 5.74) is 1.94. The summed E-state index contributed by atoms with van der Waals surface area (Å²) in [4.78, 5) is 10.7. The Bertz CT molecular complexity index is 427. The Labute approximate surface area is 98.9 Å². The summed E-state index contributed by atoms with van der Waals surface area (Å²) in [5.74, 6) is -0.0558. The first kappa shape index (κ1) is 11.1. The highest BCUT2D eigenvalue weighted by atomic mass is 35.5. The molecule has 0 spiro atoms. The normalized spacial score (nSPS) is 24.7. The van der Waals surface area contributed by atoms with Crippen LogP contribution in [-0.2, 0) is 0 Å². The first-order valence-electron chi connectivity index (χ1n) is 5.13. The van der Waals surface area contributed by atoms with Gasteiger partial charge in [0.05, 0.1) is 5.92 Å². The molecule has 0 unspecified atom stereocenters. The van der Waals surface area contributed by atoms with Gasteiger partial charge in [0.25, 0.3) is 0 Å². The van der Waals surface area contributed by atoms with Crippen molar-refractivity contribution < 1.29 is 4.92 Å². The fourth-order valence-corrected chi connectivity index (χ4v) is 2.37. The van der Waals surface area contributed by atoms with Gasteiger partial charge < -0.3 is 0 Å². The summed E-state index contributed by atoms with van der Waals surface area (Å²) in [6, 6.07) is 6.74. The fraction of sp³-hybridized carbons (Fsp3) is 0.333. The maximum absolute atomic E-state index is 10.9. The molecule has 1 aliphatic rings. The molecule has 1 aliphatic carbocycles. The van der Waals surface area contributed by atoms with E-state index in [0.29, 0.717) is 17.9 Å². The molecule has 0 aromatic heterocycles. The van der Waals surface area contributed by atoms with Crippen LogP contribution in [0.4, 0.5) is 0 Å². The second kappa shape index (κ2) is 4.26. The predicted molar refractivity (Wildman–Crippen MR) is 63.3 cm³/mol. The van der Waals surface area contributed by atoms with Gasteiger partial charge in [-0.2, -0.15) is 0 Å². The van der Waals surface area contributed by atoms with Crippen molar-refractivity contribution in [2.45, 2.75) is 24.8 Å². The van der Waals surface area contributed by atoms with E-state index in [2.05, 4.69) is 6.58 Å². The Hall–Kier alpha value is -1.35. The Kier molecular flexibility index (Phi) is 2.97. The predicted octanol–water partition coefficient (Wildman–Crippen LogP) is 3.42. The van der Waals surface area contributed by atoms with Crippen LogP contribution in [0.5, 0.6) is 0 Å². The van der Waals surface area contributed by atoms with E-state index >= 15 is 0 Å². The van der Waals surface area contributed by atoms with Crippen LogP contribution in [0.15, 0.2) is 36.4 Å². The number of rotatable bonds is 2. The third kappa shape index (κ3) is 2.09. The minimum atomic E-state index is -0.534. The average molecular weight is 238 g/mol. The molecule has 0 heterocycles. The lowest BCUT2D eigenvalue weighted by Crippen LogP contribution is -2.22. The lowest BCUT2D eigenvalue weighted by Gasteiger charge is -2.12. The van der Waals surface area contributed by atoms with Crippen LogP contribution >= 0.6 is 11.6 Å². The second-order valence-electron chi connectivity index (χ2n) is 4.17. The van der Waals surface area contributed by atoms with Crippen molar-refractivity contribution in [3.05, 3.63) is 57.1 Å². The van der Waals surface area contributed by atoms with Gasteiger partial charge in [0.2, 0.25) is 6.04 Å². The molecule has 16 heavy (non-hydrogen) atoms. The van der Waals surface area contributed by atoms with Crippen molar-refractivity contribution >= 4 is 11.6 Å². The number of halogens is 1. The quantitative estimate of drug-likeness (QED) is 0.449. The molecule has 1 aromatic rings. The summed E-state index contributed by atoms with van der Waals surface area (Å²) < 4.78 is 0. The molecule has 0 radical (unpaired) electrons. The van der Waals surface area contributed by atoms with E-state index in [1.807, 2.05) is 12.1 Å². The minimum absolute atomic E-state index is 0.0558. The monoisotopic (exact) mass is 237 g/mol. The van der Waals surface area contributed by atoms with E-state index in [-0.39, 0.29) is 10.8 Å². The number of hydrogen-bond acceptors (Lipinski definition) is 2. The first-order valence-corrected chi connectivity index (χ1v) is 5.51. The van der Waals surface area contributed by atoms with Crippen molar-refractivity contribution in [2.24, 2.45) is 0 Å². The van der Waals surface area contributed by atoms with Crippen molar-refractivity contribution in [2.75, 3.05) is 0 Å². The van der Waals surface area contributed by atoms with Crippen molar-refractivity contribution in [3.63, 3.8) is 0 Å². The molecule has 3 nitrogen and oxygen atoms in total. The van der Waals surface area contributed by atoms with Crippen LogP contribution in [0.25, 0.3) is 0 Å². The van der Waals surface area contributed by atoms with Gasteiger partial charge >= 0.3 is 0 Å². The Balaban J connectivity index is 2.28. The number of hydrogen-bond donors (Lipinski definition) is 0. The van der Waals surface area contributed by atoms with Gasteiger partial charge in [0.1, 0.15) is 0 Å². The van der Waals surface area contributed by atoms with Crippen LogP contribution in [-0.4, -0.2) is 11.0 Å². The Morgan fingerprint density at radius 3 is 2.50 bits per heavy atom. The van der Waals surface area contributed by atoms with Crippen LogP contribution in [0, 0.1) is 10.1 Å². The first-order chi connectivity index (χ1) is 7.58. The molecule has 2 atom stereocenters. The fourth-order valence-electron chi connectivity index (χ4n) is 2.24. The van der Waals surface area contributed by atoms with Crippen LogP contribution in [0.2, 0.25) is 5.02 Å². The summed E-state index contributed by atoms with van der Waals surface area (Å²) in [6.07, 6.45) is 1.19. The van der Waals surface area contributed by atoms with Crippen LogP contribution in [0.3, 0.4) is 0 Å². The van der Waals surface area contributed by atoms with Crippen LogP contribution < -0.4 is 0 Å². The zero-order chi connectivity index (χ0) is 11.7. The van der Waals surface area contributed by atoms with Gasteiger partial charge in [-0.05, 0) is 24.1 Å². The smallest absolute Gasteiger partial charge is 0.223 e. The minimum Gasteiger partial charge on any atom is -0.264 e. The largest absolute Gasteiger partial charge is 0.264 e. The van der Waals surface area contributed by atoms with E-state index < -0.39 is 6.04 Å². The van der Waals surface area contributed by atoms with E-state index in [1.165, 1.54) is 0 Å². The summed E-state index contributed by atoms with van der Waals surface area (Å²) in [7, 11) is 0. The van der Waals surface area contributed by atoms with Crippen LogP contribution in [0.1, 0.15) is 24.3 Å². The van der Waals surface area contributed by atoms with Gasteiger partial charge in [0.15, 0.2) is 0 Å². The highest BCUT2D eigenvalue weighted by Gasteiger charge is 2.39. The zero-order valence-electron chi connectivity index (χ0n) is 8.73. The lowest BCUT2D eigenvalue weighted by molar-refractivity contribution is -0.523. The number of nitro groups is 1. The van der Waals surface area contributed by atoms with Crippen molar-refractivity contribution in [1.29, 1.82) is 0 Å². The maximum Gasteiger partial charge on any atom is 0.223 e. The van der Waals surface area contributed by atoms with Gasteiger partial charge in [-0.1, -0.05) is 35.9 Å². The molecule has 0 saturated heterocycles. The standard InChI is InChI=1S/C12H12ClNO2/c1-8-6-11(12(7-8)14(15)16)9-2-4-10(13)5-3-9/h2-5,11-12H,1,6-7H2/t11-,12+/m1/s1. The summed E-state index contributed by atoms with van der Waals surface area (Å²) >= 11 is 5.79. The topological polar surface area (TPSA) is 43.1 Å². The Morgan fingerprint density at radius 2 is 1.94 bits per heavy atom. The number of benzene rings is 1. The van der Waals surface area contributed by atoms with Gasteiger partial charge in [-0.25, -0.2) is 0 Å². The molecule has 0 aliphatic heterocycles. The highest BCUT2D eigenvalue weighted by molar-refractivity contribution is 6.30. The molecule has 4 heteroatoms. The highest BCUT2D eigenvalue weighted by Crippen LogP contribution is 2.39. The Morgan fingerprint density at radius 1 is 1.31 bits per heavy atom. The van der Waals surface area contributed by atoms with Crippen molar-refractivity contribution in [3.8, 4) is 0 Å². The maximum atomic E-state index is 10.9. The molecule has 0 N–H and O–H groups in total. The molecule has 0 amide bonds. The molecule has 2 rings (SSSR count). The van der Waals surface area contributed by atoms with E-state index in [4.69, 9.17) is 11.6 Å². The van der Waals surface area contributed by atoms with E-state index in [1.54, 1.807) is 12.1 Å². The van der Waals surface area contributed by atoms with Gasteiger partial charge in [0, 0.05) is 16.4 Å². The molecule has 1 fully saturated rings. The van der Waals surface area contributed by atoms with Gasteiger partial charge in [-0.3, -0.25) is 10.1 Å². The summed E-state index contributed by atoms with van der Waals surface area (Å²) in [5, 5.41) is 11.6. The molecule has 0 bridgehead atoms.